The summed E-state index contributed by atoms with van der Waals surface area (Å²) in [6, 6.07) is 8.41. The van der Waals surface area contributed by atoms with Crippen molar-refractivity contribution >= 4 is 41.5 Å². The van der Waals surface area contributed by atoms with Gasteiger partial charge >= 0.3 is 7.12 Å². The summed E-state index contributed by atoms with van der Waals surface area (Å²) in [7, 11) is 1.84. The molecule has 0 aliphatic carbocycles. The summed E-state index contributed by atoms with van der Waals surface area (Å²) in [4.78, 5) is 0. The molecule has 0 spiro atoms. The smallest absolute Gasteiger partial charge is 0.494 e. The van der Waals surface area contributed by atoms with E-state index in [-0.39, 0.29) is 35.3 Å². The van der Waals surface area contributed by atoms with E-state index >= 15 is 0 Å². The molecule has 0 radical (unpaired) electrons. The fraction of sp³-hybridized carbons (Fsp3) is 0.647. The predicted octanol–water partition coefficient (Wildman–Crippen LogP) is 0.405. The van der Waals surface area contributed by atoms with Gasteiger partial charge in [-0.25, -0.2) is 0 Å². The molecule has 0 atom stereocenters. The van der Waals surface area contributed by atoms with Gasteiger partial charge in [-0.1, -0.05) is 12.1 Å². The van der Waals surface area contributed by atoms with Gasteiger partial charge < -0.3 is 26.3 Å². The van der Waals surface area contributed by atoms with Gasteiger partial charge in [0.15, 0.2) is 0 Å². The molecule has 1 aliphatic rings. The average Bonchev–Trinajstić information content (AvgIpc) is 2.68. The molecule has 0 amide bonds. The Morgan fingerprint density at radius 1 is 0.917 bits per heavy atom. The molecule has 1 saturated heterocycles. The Hall–Kier alpha value is 0.225. The minimum atomic E-state index is -0.325. The van der Waals surface area contributed by atoms with E-state index in [4.69, 9.17) is 32.5 Å². The van der Waals surface area contributed by atoms with Crippen LogP contribution in [0.2, 0.25) is 0 Å². The van der Waals surface area contributed by atoms with E-state index in [9.17, 15) is 0 Å². The lowest BCUT2D eigenvalue weighted by molar-refractivity contribution is -0.00000769. The van der Waals surface area contributed by atoms with E-state index in [1.54, 1.807) is 0 Å². The highest BCUT2D eigenvalue weighted by molar-refractivity contribution is 6.62. The first-order valence-corrected chi connectivity index (χ1v) is 9.15. The van der Waals surface area contributed by atoms with E-state index < -0.39 is 0 Å². The van der Waals surface area contributed by atoms with Crippen molar-refractivity contribution in [2.75, 3.05) is 31.9 Å². The predicted molar refractivity (Wildman–Crippen MR) is 101 cm³/mol. The molecular formula is C17H27BBrCl2NO2. The third-order valence-corrected chi connectivity index (χ3v) is 5.54. The Kier molecular flexibility index (Phi) is 7.68. The van der Waals surface area contributed by atoms with Crippen LogP contribution in [0.15, 0.2) is 24.3 Å². The Labute approximate surface area is 167 Å². The van der Waals surface area contributed by atoms with Crippen LogP contribution in [0.1, 0.15) is 27.7 Å². The zero-order valence-corrected chi connectivity index (χ0v) is 18.2. The van der Waals surface area contributed by atoms with Crippen molar-refractivity contribution in [2.24, 2.45) is 0 Å². The summed E-state index contributed by atoms with van der Waals surface area (Å²) < 4.78 is 12.9. The highest BCUT2D eigenvalue weighted by Crippen LogP contribution is 2.36. The Morgan fingerprint density at radius 3 is 1.71 bits per heavy atom. The summed E-state index contributed by atoms with van der Waals surface area (Å²) in [5.74, 6) is 1.21. The molecular weight excluding hydrogens is 412 g/mol. The third kappa shape index (κ3) is 4.49. The molecule has 0 aromatic heterocycles. The lowest BCUT2D eigenvalue weighted by atomic mass is 9.79. The van der Waals surface area contributed by atoms with Crippen molar-refractivity contribution in [3.8, 4) is 0 Å². The zero-order chi connectivity index (χ0) is 17.3. The van der Waals surface area contributed by atoms with Crippen molar-refractivity contribution in [1.82, 2.24) is 4.48 Å². The number of alkyl halides is 2. The van der Waals surface area contributed by atoms with Crippen LogP contribution >= 0.6 is 23.2 Å². The number of benzene rings is 1. The van der Waals surface area contributed by atoms with Gasteiger partial charge in [0.1, 0.15) is 5.69 Å². The summed E-state index contributed by atoms with van der Waals surface area (Å²) >= 11 is 11.9. The largest absolute Gasteiger partial charge is 1.00 e. The molecule has 0 unspecified atom stereocenters. The van der Waals surface area contributed by atoms with Crippen LogP contribution in [-0.2, 0) is 9.31 Å². The second kappa shape index (κ2) is 8.28. The van der Waals surface area contributed by atoms with Crippen LogP contribution in [0.5, 0.6) is 0 Å². The second-order valence-corrected chi connectivity index (χ2v) is 8.16. The molecule has 0 N–H and O–H groups in total. The normalized spacial score (nSPS) is 19.2. The first-order valence-electron chi connectivity index (χ1n) is 8.08. The molecule has 7 heteroatoms. The summed E-state index contributed by atoms with van der Waals surface area (Å²) in [6.45, 7) is 9.97. The quantitative estimate of drug-likeness (QED) is 0.364. The van der Waals surface area contributed by atoms with Crippen LogP contribution in [0.4, 0.5) is 5.69 Å². The van der Waals surface area contributed by atoms with E-state index in [0.717, 1.165) is 23.0 Å². The van der Waals surface area contributed by atoms with E-state index in [1.807, 2.05) is 0 Å². The van der Waals surface area contributed by atoms with Crippen molar-refractivity contribution in [3.63, 3.8) is 0 Å². The number of halogens is 3. The molecule has 1 aromatic carbocycles. The SMILES string of the molecule is CC1(C)OB(c2ccc([N+](C)(CCCl)CCCl)cc2)OC1(C)C.[Br-]. The molecule has 1 heterocycles. The standard InChI is InChI=1S/C17H27BCl2NO2.BrH/c1-16(2)17(3,4)23-18(22-16)14-6-8-15(9-7-14)21(5,12-10-19)13-11-20;/h6-9H,10-13H2,1-5H3;1H/q+1;/p-1. The fourth-order valence-corrected chi connectivity index (χ4v) is 3.46. The van der Waals surface area contributed by atoms with E-state index in [0.29, 0.717) is 11.8 Å². The Balaban J connectivity index is 0.00000288. The second-order valence-electron chi connectivity index (χ2n) is 7.40. The minimum Gasteiger partial charge on any atom is -1.00 e. The molecule has 1 fully saturated rings. The molecule has 1 aliphatic heterocycles. The highest BCUT2D eigenvalue weighted by Gasteiger charge is 2.51. The van der Waals surface area contributed by atoms with Crippen LogP contribution in [-0.4, -0.2) is 50.2 Å². The van der Waals surface area contributed by atoms with Crippen LogP contribution in [0, 0.1) is 0 Å². The van der Waals surface area contributed by atoms with E-state index in [2.05, 4.69) is 59.0 Å². The number of quaternary nitrogens is 1. The van der Waals surface area contributed by atoms with Crippen LogP contribution in [0.3, 0.4) is 0 Å². The molecule has 136 valence electrons. The average molecular weight is 439 g/mol. The third-order valence-electron chi connectivity index (χ3n) is 5.20. The fourth-order valence-electron chi connectivity index (χ4n) is 2.71. The van der Waals surface area contributed by atoms with Crippen LogP contribution in [0.25, 0.3) is 0 Å². The van der Waals surface area contributed by atoms with Crippen molar-refractivity contribution in [3.05, 3.63) is 24.3 Å². The van der Waals surface area contributed by atoms with Gasteiger partial charge in [-0.05, 0) is 45.3 Å². The monoisotopic (exact) mass is 437 g/mol. The zero-order valence-electron chi connectivity index (χ0n) is 15.1. The van der Waals surface area contributed by atoms with Crippen molar-refractivity contribution in [1.29, 1.82) is 0 Å². The van der Waals surface area contributed by atoms with Gasteiger partial charge in [0.05, 0.1) is 43.1 Å². The molecule has 1 aromatic rings. The Morgan fingerprint density at radius 2 is 1.33 bits per heavy atom. The first kappa shape index (κ1) is 22.3. The van der Waals surface area contributed by atoms with Gasteiger partial charge in [0.2, 0.25) is 0 Å². The highest BCUT2D eigenvalue weighted by atomic mass is 79.9. The molecule has 3 nitrogen and oxygen atoms in total. The molecule has 0 bridgehead atoms. The molecule has 24 heavy (non-hydrogen) atoms. The first-order chi connectivity index (χ1) is 10.6. The lowest BCUT2D eigenvalue weighted by Crippen LogP contribution is -3.00. The number of rotatable bonds is 6. The summed E-state index contributed by atoms with van der Waals surface area (Å²) in [5.41, 5.74) is 1.60. The van der Waals surface area contributed by atoms with Gasteiger partial charge in [-0.3, -0.25) is 4.48 Å². The minimum absolute atomic E-state index is 0. The maximum atomic E-state index is 6.10. The maximum absolute atomic E-state index is 6.10. The van der Waals surface area contributed by atoms with E-state index in [1.165, 1.54) is 5.69 Å². The Bertz CT molecular complexity index is 518. The van der Waals surface area contributed by atoms with Crippen LogP contribution < -0.4 is 26.9 Å². The number of hydrogen-bond donors (Lipinski definition) is 0. The van der Waals surface area contributed by atoms with Crippen molar-refractivity contribution < 1.29 is 26.3 Å². The topological polar surface area (TPSA) is 18.5 Å². The summed E-state index contributed by atoms with van der Waals surface area (Å²) in [5, 5.41) is 0. The maximum Gasteiger partial charge on any atom is 0.494 e. The number of hydrogen-bond acceptors (Lipinski definition) is 2. The number of nitrogens with zero attached hydrogens (tertiary/aromatic N) is 1. The molecule has 2 rings (SSSR count). The van der Waals surface area contributed by atoms with Crippen molar-refractivity contribution in [2.45, 2.75) is 38.9 Å². The van der Waals surface area contributed by atoms with Gasteiger partial charge in [-0.2, -0.15) is 0 Å². The van der Waals surface area contributed by atoms with Gasteiger partial charge in [0, 0.05) is 0 Å². The molecule has 0 saturated carbocycles. The lowest BCUT2D eigenvalue weighted by Gasteiger charge is -2.33. The summed E-state index contributed by atoms with van der Waals surface area (Å²) in [6.07, 6.45) is 0. The van der Waals surface area contributed by atoms with Gasteiger partial charge in [0.25, 0.3) is 0 Å². The van der Waals surface area contributed by atoms with Gasteiger partial charge in [-0.15, -0.1) is 23.2 Å².